The van der Waals surface area contributed by atoms with E-state index in [1.165, 1.54) is 11.1 Å². The predicted octanol–water partition coefficient (Wildman–Crippen LogP) is 1.57. The smallest absolute Gasteiger partial charge is 0.124 e. The van der Waals surface area contributed by atoms with Gasteiger partial charge >= 0.3 is 0 Å². The Kier molecular flexibility index (Phi) is 3.46. The molecular formula is C13H19NO2. The Morgan fingerprint density at radius 1 is 1.38 bits per heavy atom. The van der Waals surface area contributed by atoms with E-state index in [0.717, 1.165) is 37.4 Å². The molecule has 0 amide bonds. The van der Waals surface area contributed by atoms with Crippen LogP contribution in [0.25, 0.3) is 0 Å². The van der Waals surface area contributed by atoms with E-state index in [1.54, 1.807) is 7.11 Å². The van der Waals surface area contributed by atoms with Crippen molar-refractivity contribution in [1.29, 1.82) is 0 Å². The Morgan fingerprint density at radius 2 is 2.19 bits per heavy atom. The topological polar surface area (TPSA) is 32.7 Å². The normalized spacial score (nSPS) is 15.9. The lowest BCUT2D eigenvalue weighted by Gasteiger charge is -2.28. The third kappa shape index (κ3) is 2.06. The van der Waals surface area contributed by atoms with Crippen LogP contribution in [0.2, 0.25) is 0 Å². The molecule has 3 nitrogen and oxygen atoms in total. The number of rotatable bonds is 3. The molecule has 0 spiro atoms. The van der Waals surface area contributed by atoms with Crippen LogP contribution in [0, 0.1) is 0 Å². The third-order valence-electron chi connectivity index (χ3n) is 3.31. The first-order valence-electron chi connectivity index (χ1n) is 5.80. The predicted molar refractivity (Wildman–Crippen MR) is 63.6 cm³/mol. The molecule has 0 aromatic heterocycles. The number of aliphatic hydroxyl groups is 1. The molecule has 16 heavy (non-hydrogen) atoms. The van der Waals surface area contributed by atoms with Crippen molar-refractivity contribution in [3.8, 4) is 5.75 Å². The molecule has 1 N–H and O–H groups in total. The third-order valence-corrected chi connectivity index (χ3v) is 3.31. The van der Waals surface area contributed by atoms with Crippen molar-refractivity contribution in [3.63, 3.8) is 0 Å². The van der Waals surface area contributed by atoms with Crippen LogP contribution >= 0.6 is 0 Å². The van der Waals surface area contributed by atoms with Crippen LogP contribution in [0.5, 0.6) is 5.75 Å². The summed E-state index contributed by atoms with van der Waals surface area (Å²) < 4.78 is 5.29. The fraction of sp³-hybridized carbons (Fsp3) is 0.538. The molecule has 0 unspecified atom stereocenters. The van der Waals surface area contributed by atoms with Gasteiger partial charge in [0.05, 0.1) is 13.7 Å². The molecule has 1 aliphatic rings. The first kappa shape index (κ1) is 11.4. The Bertz CT molecular complexity index is 376. The second-order valence-corrected chi connectivity index (χ2v) is 4.21. The highest BCUT2D eigenvalue weighted by Crippen LogP contribution is 2.27. The number of ether oxygens (including phenoxy) is 1. The molecule has 0 saturated heterocycles. The van der Waals surface area contributed by atoms with Gasteiger partial charge in [0.25, 0.3) is 0 Å². The van der Waals surface area contributed by atoms with E-state index in [4.69, 9.17) is 4.74 Å². The summed E-state index contributed by atoms with van der Waals surface area (Å²) in [6, 6.07) is 4.16. The number of benzene rings is 1. The molecule has 0 fully saturated rings. The van der Waals surface area contributed by atoms with Gasteiger partial charge in [0.15, 0.2) is 0 Å². The summed E-state index contributed by atoms with van der Waals surface area (Å²) in [5.41, 5.74) is 3.59. The van der Waals surface area contributed by atoms with E-state index in [1.807, 2.05) is 0 Å². The molecule has 0 radical (unpaired) electrons. The average molecular weight is 221 g/mol. The highest BCUT2D eigenvalue weighted by Gasteiger charge is 2.17. The van der Waals surface area contributed by atoms with Crippen LogP contribution < -0.4 is 4.74 Å². The molecule has 1 aromatic carbocycles. The van der Waals surface area contributed by atoms with E-state index < -0.39 is 0 Å². The summed E-state index contributed by atoms with van der Waals surface area (Å²) >= 11 is 0. The minimum Gasteiger partial charge on any atom is -0.496 e. The van der Waals surface area contributed by atoms with E-state index >= 15 is 0 Å². The molecule has 2 rings (SSSR count). The monoisotopic (exact) mass is 221 g/mol. The van der Waals surface area contributed by atoms with E-state index in [2.05, 4.69) is 24.0 Å². The zero-order chi connectivity index (χ0) is 11.5. The second-order valence-electron chi connectivity index (χ2n) is 4.21. The molecule has 1 heterocycles. The zero-order valence-electron chi connectivity index (χ0n) is 9.99. The van der Waals surface area contributed by atoms with Crippen molar-refractivity contribution in [2.75, 3.05) is 20.2 Å². The van der Waals surface area contributed by atoms with Crippen molar-refractivity contribution in [2.24, 2.45) is 0 Å². The number of likely N-dealkylation sites (N-methyl/N-ethyl adjacent to an activating group) is 1. The highest BCUT2D eigenvalue weighted by atomic mass is 16.5. The van der Waals surface area contributed by atoms with Crippen molar-refractivity contribution in [1.82, 2.24) is 4.90 Å². The maximum atomic E-state index is 9.26. The molecule has 0 aliphatic carbocycles. The van der Waals surface area contributed by atoms with Crippen LogP contribution in [-0.2, 0) is 19.6 Å². The fourth-order valence-corrected chi connectivity index (χ4v) is 2.28. The summed E-state index contributed by atoms with van der Waals surface area (Å²) in [6.45, 7) is 5.43. The molecule has 0 saturated carbocycles. The largest absolute Gasteiger partial charge is 0.496 e. The Hall–Kier alpha value is -1.06. The minimum atomic E-state index is 0.0495. The van der Waals surface area contributed by atoms with Gasteiger partial charge in [-0.2, -0.15) is 0 Å². The van der Waals surface area contributed by atoms with Gasteiger partial charge in [-0.3, -0.25) is 4.90 Å². The van der Waals surface area contributed by atoms with Crippen LogP contribution in [0.15, 0.2) is 12.1 Å². The number of nitrogens with zero attached hydrogens (tertiary/aromatic N) is 1. The Labute approximate surface area is 96.6 Å². The second kappa shape index (κ2) is 4.85. The molecule has 3 heteroatoms. The van der Waals surface area contributed by atoms with Crippen molar-refractivity contribution in [2.45, 2.75) is 26.5 Å². The Balaban J connectivity index is 2.34. The van der Waals surface area contributed by atoms with E-state index in [0.29, 0.717) is 0 Å². The number of hydrogen-bond donors (Lipinski definition) is 1. The SMILES string of the molecule is CCN1CCc2cc(CO)c(OC)cc2C1. The fourth-order valence-electron chi connectivity index (χ4n) is 2.28. The van der Waals surface area contributed by atoms with E-state index in [9.17, 15) is 5.11 Å². The summed E-state index contributed by atoms with van der Waals surface area (Å²) in [4.78, 5) is 2.42. The van der Waals surface area contributed by atoms with Gasteiger partial charge in [0.2, 0.25) is 0 Å². The molecular weight excluding hydrogens is 202 g/mol. The Morgan fingerprint density at radius 3 is 2.81 bits per heavy atom. The average Bonchev–Trinajstić information content (AvgIpc) is 2.36. The van der Waals surface area contributed by atoms with Gasteiger partial charge in [-0.25, -0.2) is 0 Å². The van der Waals surface area contributed by atoms with Crippen LogP contribution in [0.3, 0.4) is 0 Å². The van der Waals surface area contributed by atoms with E-state index in [-0.39, 0.29) is 6.61 Å². The van der Waals surface area contributed by atoms with Crippen LogP contribution in [0.1, 0.15) is 23.6 Å². The number of fused-ring (bicyclic) bond motifs is 1. The van der Waals surface area contributed by atoms with Gasteiger partial charge in [-0.1, -0.05) is 6.92 Å². The lowest BCUT2D eigenvalue weighted by Crippen LogP contribution is -2.30. The molecule has 1 aliphatic heterocycles. The first-order valence-corrected chi connectivity index (χ1v) is 5.80. The first-order chi connectivity index (χ1) is 7.78. The van der Waals surface area contributed by atoms with Crippen molar-refractivity contribution >= 4 is 0 Å². The maximum Gasteiger partial charge on any atom is 0.124 e. The van der Waals surface area contributed by atoms with Crippen LogP contribution in [-0.4, -0.2) is 30.2 Å². The van der Waals surface area contributed by atoms with Gasteiger partial charge in [-0.15, -0.1) is 0 Å². The van der Waals surface area contributed by atoms with Gasteiger partial charge < -0.3 is 9.84 Å². The zero-order valence-corrected chi connectivity index (χ0v) is 9.99. The van der Waals surface area contributed by atoms with Gasteiger partial charge in [0.1, 0.15) is 5.75 Å². The maximum absolute atomic E-state index is 9.26. The number of aliphatic hydroxyl groups excluding tert-OH is 1. The van der Waals surface area contributed by atoms with Gasteiger partial charge in [0, 0.05) is 18.7 Å². The number of methoxy groups -OCH3 is 1. The lowest BCUT2D eigenvalue weighted by molar-refractivity contribution is 0.262. The lowest BCUT2D eigenvalue weighted by atomic mass is 9.96. The molecule has 0 bridgehead atoms. The standard InChI is InChI=1S/C13H19NO2/c1-3-14-5-4-10-6-12(9-15)13(16-2)7-11(10)8-14/h6-7,15H,3-5,8-9H2,1-2H3. The number of hydrogen-bond acceptors (Lipinski definition) is 3. The summed E-state index contributed by atoms with van der Waals surface area (Å²) in [5, 5.41) is 9.26. The van der Waals surface area contributed by atoms with Gasteiger partial charge in [-0.05, 0) is 36.2 Å². The molecule has 1 aromatic rings. The summed E-state index contributed by atoms with van der Waals surface area (Å²) in [5.74, 6) is 0.805. The molecule has 0 atom stereocenters. The van der Waals surface area contributed by atoms with Crippen molar-refractivity contribution < 1.29 is 9.84 Å². The summed E-state index contributed by atoms with van der Waals surface area (Å²) in [7, 11) is 1.65. The summed E-state index contributed by atoms with van der Waals surface area (Å²) in [6.07, 6.45) is 1.07. The molecule has 88 valence electrons. The highest BCUT2D eigenvalue weighted by molar-refractivity contribution is 5.43. The minimum absolute atomic E-state index is 0.0495. The van der Waals surface area contributed by atoms with Crippen molar-refractivity contribution in [3.05, 3.63) is 28.8 Å². The quantitative estimate of drug-likeness (QED) is 0.841. The van der Waals surface area contributed by atoms with Crippen LogP contribution in [0.4, 0.5) is 0 Å².